The largest absolute Gasteiger partial charge is 0.452 e. The lowest BCUT2D eigenvalue weighted by Gasteiger charge is -2.09. The lowest BCUT2D eigenvalue weighted by Crippen LogP contribution is -2.44. The summed E-state index contributed by atoms with van der Waals surface area (Å²) in [6.45, 7) is 2.75. The lowest BCUT2D eigenvalue weighted by molar-refractivity contribution is -0.123. The van der Waals surface area contributed by atoms with Crippen LogP contribution in [0.4, 0.5) is 4.79 Å². The summed E-state index contributed by atoms with van der Waals surface area (Å²) in [6, 6.07) is 7.14. The number of ether oxygens (including phenoxy) is 1. The highest BCUT2D eigenvalue weighted by molar-refractivity contribution is 5.97. The zero-order valence-electron chi connectivity index (χ0n) is 13.1. The average Bonchev–Trinajstić information content (AvgIpc) is 2.51. The van der Waals surface area contributed by atoms with E-state index >= 15 is 0 Å². The molecular weight excluding hydrogens is 316 g/mol. The fourth-order valence-corrected chi connectivity index (χ4v) is 1.87. The molecule has 0 aliphatic rings. The maximum absolute atomic E-state index is 11.9. The van der Waals surface area contributed by atoms with E-state index in [2.05, 4.69) is 5.32 Å². The fourth-order valence-electron chi connectivity index (χ4n) is 1.87. The molecule has 0 aliphatic heterocycles. The maximum atomic E-state index is 11.9. The molecule has 8 heteroatoms. The van der Waals surface area contributed by atoms with Crippen molar-refractivity contribution in [1.82, 2.24) is 10.6 Å². The summed E-state index contributed by atoms with van der Waals surface area (Å²) in [7, 11) is 0. The Kier molecular flexibility index (Phi) is 5.31. The van der Waals surface area contributed by atoms with E-state index in [1.807, 2.05) is 5.32 Å². The third-order valence-corrected chi connectivity index (χ3v) is 2.87. The van der Waals surface area contributed by atoms with Gasteiger partial charge in [0, 0.05) is 11.4 Å². The first-order chi connectivity index (χ1) is 11.4. The van der Waals surface area contributed by atoms with E-state index in [0.717, 1.165) is 0 Å². The second-order valence-corrected chi connectivity index (χ2v) is 5.24. The Labute approximate surface area is 136 Å². The summed E-state index contributed by atoms with van der Waals surface area (Å²) < 4.78 is 9.74. The van der Waals surface area contributed by atoms with Crippen molar-refractivity contribution in [2.45, 2.75) is 19.9 Å². The minimum Gasteiger partial charge on any atom is -0.452 e. The summed E-state index contributed by atoms with van der Waals surface area (Å²) in [5.41, 5.74) is -0.855. The van der Waals surface area contributed by atoms with Crippen LogP contribution in [0.1, 0.15) is 24.2 Å². The van der Waals surface area contributed by atoms with E-state index in [9.17, 15) is 19.2 Å². The quantitative estimate of drug-likeness (QED) is 0.642. The topological polar surface area (TPSA) is 115 Å². The number of imide groups is 1. The highest BCUT2D eigenvalue weighted by Crippen LogP contribution is 2.12. The van der Waals surface area contributed by atoms with Crippen molar-refractivity contribution < 1.29 is 23.5 Å². The fraction of sp³-hybridized carbons (Fsp3) is 0.250. The predicted molar refractivity (Wildman–Crippen MR) is 84.6 cm³/mol. The Morgan fingerprint density at radius 1 is 1.21 bits per heavy atom. The average molecular weight is 332 g/mol. The SMILES string of the molecule is CC(C)NC(=O)NC(=O)COC(=O)c1cc2ccccc2oc1=O. The van der Waals surface area contributed by atoms with Gasteiger partial charge in [-0.25, -0.2) is 14.4 Å². The summed E-state index contributed by atoms with van der Waals surface area (Å²) >= 11 is 0. The molecule has 2 aromatic rings. The molecule has 0 unspecified atom stereocenters. The molecule has 2 N–H and O–H groups in total. The standard InChI is InChI=1S/C16H16N2O6/c1-9(2)17-16(22)18-13(19)8-23-14(20)11-7-10-5-3-4-6-12(10)24-15(11)21/h3-7,9H,8H2,1-2H3,(H2,17,18,19,22). The summed E-state index contributed by atoms with van der Waals surface area (Å²) in [6.07, 6.45) is 0. The number of rotatable bonds is 4. The maximum Gasteiger partial charge on any atom is 0.351 e. The second-order valence-electron chi connectivity index (χ2n) is 5.24. The molecule has 24 heavy (non-hydrogen) atoms. The van der Waals surface area contributed by atoms with E-state index in [4.69, 9.17) is 9.15 Å². The molecule has 3 amide bonds. The van der Waals surface area contributed by atoms with Gasteiger partial charge in [-0.1, -0.05) is 18.2 Å². The van der Waals surface area contributed by atoms with Crippen molar-refractivity contribution in [3.05, 3.63) is 46.3 Å². The smallest absolute Gasteiger partial charge is 0.351 e. The minimum atomic E-state index is -1.01. The first-order valence-electron chi connectivity index (χ1n) is 7.17. The van der Waals surface area contributed by atoms with Crippen LogP contribution in [0.5, 0.6) is 0 Å². The van der Waals surface area contributed by atoms with Crippen LogP contribution in [-0.4, -0.2) is 30.6 Å². The predicted octanol–water partition coefficient (Wildman–Crippen LogP) is 1.18. The van der Waals surface area contributed by atoms with E-state index in [1.54, 1.807) is 38.1 Å². The number of benzene rings is 1. The van der Waals surface area contributed by atoms with Gasteiger partial charge in [-0.05, 0) is 26.0 Å². The van der Waals surface area contributed by atoms with Gasteiger partial charge in [-0.2, -0.15) is 0 Å². The number of carbonyl (C=O) groups excluding carboxylic acids is 3. The molecule has 0 bridgehead atoms. The van der Waals surface area contributed by atoms with E-state index in [0.29, 0.717) is 11.0 Å². The first-order valence-corrected chi connectivity index (χ1v) is 7.17. The van der Waals surface area contributed by atoms with Gasteiger partial charge < -0.3 is 14.5 Å². The normalized spacial score (nSPS) is 10.5. The zero-order chi connectivity index (χ0) is 17.7. The lowest BCUT2D eigenvalue weighted by atomic mass is 10.2. The zero-order valence-corrected chi connectivity index (χ0v) is 13.1. The Bertz CT molecular complexity index is 840. The molecular formula is C16H16N2O6. The molecule has 0 aliphatic carbocycles. The van der Waals surface area contributed by atoms with Gasteiger partial charge in [-0.15, -0.1) is 0 Å². The highest BCUT2D eigenvalue weighted by atomic mass is 16.5. The van der Waals surface area contributed by atoms with Crippen LogP contribution in [0.3, 0.4) is 0 Å². The van der Waals surface area contributed by atoms with Crippen molar-refractivity contribution in [2.75, 3.05) is 6.61 Å². The highest BCUT2D eigenvalue weighted by Gasteiger charge is 2.17. The van der Waals surface area contributed by atoms with Crippen LogP contribution in [0.15, 0.2) is 39.5 Å². The van der Waals surface area contributed by atoms with Gasteiger partial charge in [0.25, 0.3) is 5.91 Å². The first kappa shape index (κ1) is 17.2. The molecule has 2 rings (SSSR count). The van der Waals surface area contributed by atoms with Gasteiger partial charge in [-0.3, -0.25) is 10.1 Å². The number of esters is 1. The van der Waals surface area contributed by atoms with E-state index in [-0.39, 0.29) is 11.6 Å². The van der Waals surface area contributed by atoms with Gasteiger partial charge in [0.05, 0.1) is 0 Å². The molecule has 0 atom stereocenters. The Hall–Kier alpha value is -3.16. The molecule has 0 spiro atoms. The Morgan fingerprint density at radius 2 is 1.92 bits per heavy atom. The molecule has 1 aromatic carbocycles. The van der Waals surface area contributed by atoms with Crippen molar-refractivity contribution in [3.8, 4) is 0 Å². The van der Waals surface area contributed by atoms with Crippen LogP contribution < -0.4 is 16.3 Å². The molecule has 0 saturated heterocycles. The van der Waals surface area contributed by atoms with Crippen LogP contribution in [0, 0.1) is 0 Å². The summed E-state index contributed by atoms with van der Waals surface area (Å²) in [5, 5.41) is 4.99. The Balaban J connectivity index is 2.00. The van der Waals surface area contributed by atoms with Crippen molar-refractivity contribution >= 4 is 28.9 Å². The van der Waals surface area contributed by atoms with Crippen molar-refractivity contribution in [1.29, 1.82) is 0 Å². The van der Waals surface area contributed by atoms with E-state index < -0.39 is 30.1 Å². The number of carbonyl (C=O) groups is 3. The van der Waals surface area contributed by atoms with E-state index in [1.165, 1.54) is 6.07 Å². The molecule has 0 radical (unpaired) electrons. The minimum absolute atomic E-state index is 0.150. The third-order valence-electron chi connectivity index (χ3n) is 2.87. The van der Waals surface area contributed by atoms with Gasteiger partial charge >= 0.3 is 17.6 Å². The summed E-state index contributed by atoms with van der Waals surface area (Å²) in [5.74, 6) is -1.82. The van der Waals surface area contributed by atoms with Crippen LogP contribution >= 0.6 is 0 Å². The molecule has 0 fully saturated rings. The van der Waals surface area contributed by atoms with Crippen LogP contribution in [0.2, 0.25) is 0 Å². The van der Waals surface area contributed by atoms with Gasteiger partial charge in [0.2, 0.25) is 0 Å². The van der Waals surface area contributed by atoms with Crippen LogP contribution in [-0.2, 0) is 9.53 Å². The number of urea groups is 1. The molecule has 1 heterocycles. The molecule has 8 nitrogen and oxygen atoms in total. The van der Waals surface area contributed by atoms with Gasteiger partial charge in [0.15, 0.2) is 6.61 Å². The number of nitrogens with one attached hydrogen (secondary N) is 2. The van der Waals surface area contributed by atoms with Crippen LogP contribution in [0.25, 0.3) is 11.0 Å². The number of amides is 3. The molecule has 126 valence electrons. The number of hydrogen-bond acceptors (Lipinski definition) is 6. The van der Waals surface area contributed by atoms with Crippen molar-refractivity contribution in [2.24, 2.45) is 0 Å². The number of fused-ring (bicyclic) bond motifs is 1. The third kappa shape index (κ3) is 4.42. The van der Waals surface area contributed by atoms with Gasteiger partial charge in [0.1, 0.15) is 11.1 Å². The summed E-state index contributed by atoms with van der Waals surface area (Å²) in [4.78, 5) is 46.5. The second kappa shape index (κ2) is 7.40. The molecule has 0 saturated carbocycles. The van der Waals surface area contributed by atoms with Crippen molar-refractivity contribution in [3.63, 3.8) is 0 Å². The Morgan fingerprint density at radius 3 is 2.62 bits per heavy atom. The molecule has 1 aromatic heterocycles. The number of hydrogen-bond donors (Lipinski definition) is 2. The number of para-hydroxylation sites is 1. The monoisotopic (exact) mass is 332 g/mol.